The van der Waals surface area contributed by atoms with Crippen molar-refractivity contribution in [1.82, 2.24) is 10.2 Å². The Morgan fingerprint density at radius 3 is 2.87 bits per heavy atom. The molecule has 2 heterocycles. The second-order valence-corrected chi connectivity index (χ2v) is 6.66. The van der Waals surface area contributed by atoms with Gasteiger partial charge in [-0.2, -0.15) is 11.8 Å². The molecule has 0 aromatic heterocycles. The maximum absolute atomic E-state index is 3.77. The van der Waals surface area contributed by atoms with E-state index in [9.17, 15) is 0 Å². The van der Waals surface area contributed by atoms with E-state index in [1.807, 2.05) is 0 Å². The van der Waals surface area contributed by atoms with Gasteiger partial charge in [-0.05, 0) is 37.9 Å². The molecular formula is C12H22N2S. The number of nitrogens with one attached hydrogen (secondary N) is 1. The number of likely N-dealkylation sites (tertiary alicyclic amines) is 1. The van der Waals surface area contributed by atoms with Crippen LogP contribution in [0.15, 0.2) is 0 Å². The largest absolute Gasteiger partial charge is 0.312 e. The number of thioether (sulfide) groups is 1. The second kappa shape index (κ2) is 4.64. The van der Waals surface area contributed by atoms with Crippen LogP contribution >= 0.6 is 11.8 Å². The first-order valence-electron chi connectivity index (χ1n) is 6.51. The maximum Gasteiger partial charge on any atom is 0.0207 e. The monoisotopic (exact) mass is 226 g/mol. The Bertz CT molecular complexity index is 212. The fraction of sp³-hybridized carbons (Fsp3) is 1.00. The summed E-state index contributed by atoms with van der Waals surface area (Å²) in [4.78, 5) is 2.69. The Morgan fingerprint density at radius 2 is 2.13 bits per heavy atom. The molecule has 0 bridgehead atoms. The van der Waals surface area contributed by atoms with E-state index in [4.69, 9.17) is 0 Å². The molecule has 2 aliphatic heterocycles. The molecule has 3 heteroatoms. The third-order valence-corrected chi connectivity index (χ3v) is 5.34. The Kier molecular flexibility index (Phi) is 3.23. The molecule has 3 aliphatic rings. The average Bonchev–Trinajstić information content (AvgIpc) is 2.82. The zero-order valence-electron chi connectivity index (χ0n) is 9.45. The van der Waals surface area contributed by atoms with Crippen molar-refractivity contribution >= 4 is 11.8 Å². The summed E-state index contributed by atoms with van der Waals surface area (Å²) in [6.45, 7) is 3.93. The van der Waals surface area contributed by atoms with Gasteiger partial charge in [-0.25, -0.2) is 0 Å². The van der Waals surface area contributed by atoms with Crippen LogP contribution in [-0.2, 0) is 0 Å². The lowest BCUT2D eigenvalue weighted by molar-refractivity contribution is 0.317. The quantitative estimate of drug-likeness (QED) is 0.785. The van der Waals surface area contributed by atoms with Gasteiger partial charge in [0.25, 0.3) is 0 Å². The molecule has 3 fully saturated rings. The van der Waals surface area contributed by atoms with E-state index in [1.165, 1.54) is 57.5 Å². The molecule has 15 heavy (non-hydrogen) atoms. The number of hydrogen-bond acceptors (Lipinski definition) is 3. The van der Waals surface area contributed by atoms with Crippen molar-refractivity contribution < 1.29 is 0 Å². The van der Waals surface area contributed by atoms with E-state index in [-0.39, 0.29) is 0 Å². The molecule has 0 amide bonds. The predicted molar refractivity (Wildman–Crippen MR) is 66.5 cm³/mol. The molecular weight excluding hydrogens is 204 g/mol. The highest BCUT2D eigenvalue weighted by molar-refractivity contribution is 8.00. The highest BCUT2D eigenvalue weighted by Gasteiger charge is 2.34. The van der Waals surface area contributed by atoms with Crippen LogP contribution in [0.25, 0.3) is 0 Å². The van der Waals surface area contributed by atoms with Gasteiger partial charge in [-0.1, -0.05) is 0 Å². The van der Waals surface area contributed by atoms with Gasteiger partial charge in [0.15, 0.2) is 0 Å². The normalized spacial score (nSPS) is 37.6. The highest BCUT2D eigenvalue weighted by atomic mass is 32.2. The van der Waals surface area contributed by atoms with Crippen molar-refractivity contribution in [1.29, 1.82) is 0 Å². The number of rotatable bonds is 4. The van der Waals surface area contributed by atoms with Gasteiger partial charge in [-0.15, -0.1) is 0 Å². The molecule has 1 aliphatic carbocycles. The number of hydrogen-bond donors (Lipinski definition) is 1. The lowest BCUT2D eigenvalue weighted by Crippen LogP contribution is -2.36. The molecule has 1 N–H and O–H groups in total. The van der Waals surface area contributed by atoms with Gasteiger partial charge in [0.1, 0.15) is 0 Å². The van der Waals surface area contributed by atoms with Gasteiger partial charge < -0.3 is 5.32 Å². The molecule has 2 nitrogen and oxygen atoms in total. The molecule has 2 unspecified atom stereocenters. The van der Waals surface area contributed by atoms with E-state index in [1.54, 1.807) is 0 Å². The smallest absolute Gasteiger partial charge is 0.0207 e. The fourth-order valence-electron chi connectivity index (χ4n) is 2.83. The Labute approximate surface area is 97.2 Å². The van der Waals surface area contributed by atoms with E-state index < -0.39 is 0 Å². The van der Waals surface area contributed by atoms with Crippen LogP contribution in [-0.4, -0.2) is 47.6 Å². The van der Waals surface area contributed by atoms with E-state index >= 15 is 0 Å². The topological polar surface area (TPSA) is 15.3 Å². The molecule has 86 valence electrons. The van der Waals surface area contributed by atoms with Crippen molar-refractivity contribution in [3.63, 3.8) is 0 Å². The summed E-state index contributed by atoms with van der Waals surface area (Å²) < 4.78 is 0. The van der Waals surface area contributed by atoms with Crippen LogP contribution in [0, 0.1) is 0 Å². The minimum atomic E-state index is 0.798. The van der Waals surface area contributed by atoms with Crippen molar-refractivity contribution in [2.24, 2.45) is 0 Å². The van der Waals surface area contributed by atoms with E-state index in [0.717, 1.165) is 17.3 Å². The average molecular weight is 226 g/mol. The van der Waals surface area contributed by atoms with Gasteiger partial charge in [0.05, 0.1) is 0 Å². The van der Waals surface area contributed by atoms with Gasteiger partial charge in [-0.3, -0.25) is 4.90 Å². The molecule has 3 rings (SSSR count). The Hall–Kier alpha value is 0.270. The number of nitrogens with zero attached hydrogens (tertiary/aromatic N) is 1. The molecule has 1 saturated carbocycles. The standard InChI is InChI=1S/C12H22N2S/c1-2-12(15-7-1)8-13-10-5-6-14(9-10)11-3-4-11/h10-13H,1-9H2. The predicted octanol–water partition coefficient (Wildman–Crippen LogP) is 1.71. The zero-order chi connectivity index (χ0) is 10.1. The first-order chi connectivity index (χ1) is 7.42. The summed E-state index contributed by atoms with van der Waals surface area (Å²) in [7, 11) is 0. The summed E-state index contributed by atoms with van der Waals surface area (Å²) in [5.41, 5.74) is 0. The summed E-state index contributed by atoms with van der Waals surface area (Å²) in [5.74, 6) is 1.39. The van der Waals surface area contributed by atoms with Gasteiger partial charge in [0, 0.05) is 37.0 Å². The van der Waals surface area contributed by atoms with Gasteiger partial charge >= 0.3 is 0 Å². The Balaban J connectivity index is 1.37. The van der Waals surface area contributed by atoms with Crippen LogP contribution < -0.4 is 5.32 Å². The first-order valence-corrected chi connectivity index (χ1v) is 7.56. The molecule has 0 aromatic carbocycles. The summed E-state index contributed by atoms with van der Waals surface area (Å²) in [6, 6.07) is 1.77. The van der Waals surface area contributed by atoms with Crippen molar-refractivity contribution in [2.45, 2.75) is 49.4 Å². The molecule has 2 saturated heterocycles. The fourth-order valence-corrected chi connectivity index (χ4v) is 4.04. The van der Waals surface area contributed by atoms with Gasteiger partial charge in [0.2, 0.25) is 0 Å². The third-order valence-electron chi connectivity index (χ3n) is 3.94. The lowest BCUT2D eigenvalue weighted by atomic mass is 10.2. The molecule has 0 aromatic rings. The molecule has 0 spiro atoms. The minimum Gasteiger partial charge on any atom is -0.312 e. The molecule has 0 radical (unpaired) electrons. The van der Waals surface area contributed by atoms with Crippen LogP contribution in [0.4, 0.5) is 0 Å². The van der Waals surface area contributed by atoms with Crippen LogP contribution in [0.5, 0.6) is 0 Å². The van der Waals surface area contributed by atoms with E-state index in [0.29, 0.717) is 0 Å². The third kappa shape index (κ3) is 2.69. The zero-order valence-corrected chi connectivity index (χ0v) is 10.3. The Morgan fingerprint density at radius 1 is 1.20 bits per heavy atom. The van der Waals surface area contributed by atoms with E-state index in [2.05, 4.69) is 22.0 Å². The first kappa shape index (κ1) is 10.4. The summed E-state index contributed by atoms with van der Waals surface area (Å²) in [6.07, 6.45) is 7.19. The highest BCUT2D eigenvalue weighted by Crippen LogP contribution is 2.30. The minimum absolute atomic E-state index is 0.798. The second-order valence-electron chi connectivity index (χ2n) is 5.25. The maximum atomic E-state index is 3.77. The summed E-state index contributed by atoms with van der Waals surface area (Å²) in [5, 5.41) is 4.69. The van der Waals surface area contributed by atoms with Crippen LogP contribution in [0.3, 0.4) is 0 Å². The van der Waals surface area contributed by atoms with Crippen molar-refractivity contribution in [3.05, 3.63) is 0 Å². The lowest BCUT2D eigenvalue weighted by Gasteiger charge is -2.17. The molecule has 2 atom stereocenters. The van der Waals surface area contributed by atoms with Crippen molar-refractivity contribution in [3.8, 4) is 0 Å². The SMILES string of the molecule is C1CSC(CNC2CCN(C3CC3)C2)C1. The van der Waals surface area contributed by atoms with Crippen LogP contribution in [0.2, 0.25) is 0 Å². The summed E-state index contributed by atoms with van der Waals surface area (Å²) >= 11 is 2.17. The van der Waals surface area contributed by atoms with Crippen LogP contribution in [0.1, 0.15) is 32.1 Å². The van der Waals surface area contributed by atoms with Crippen molar-refractivity contribution in [2.75, 3.05) is 25.4 Å².